The molecule has 0 unspecified atom stereocenters. The topological polar surface area (TPSA) is 26.3 Å². The first-order valence-corrected chi connectivity index (χ1v) is 9.48. The lowest BCUT2D eigenvalue weighted by atomic mass is 10.1. The fourth-order valence-electron chi connectivity index (χ4n) is 2.20. The van der Waals surface area contributed by atoms with Gasteiger partial charge in [-0.15, -0.1) is 0 Å². The van der Waals surface area contributed by atoms with Crippen LogP contribution >= 0.6 is 0 Å². The number of hydrogen-bond acceptors (Lipinski definition) is 2. The third kappa shape index (κ3) is 18.5. The van der Waals surface area contributed by atoms with E-state index < -0.39 is 0 Å². The van der Waals surface area contributed by atoms with Crippen molar-refractivity contribution in [1.82, 2.24) is 0 Å². The van der Waals surface area contributed by atoms with E-state index in [9.17, 15) is 4.79 Å². The van der Waals surface area contributed by atoms with Crippen molar-refractivity contribution in [2.75, 3.05) is 7.11 Å². The number of hydrogen-bond donors (Lipinski definition) is 0. The molecule has 2 heteroatoms. The van der Waals surface area contributed by atoms with E-state index in [1.807, 2.05) is 0 Å². The van der Waals surface area contributed by atoms with Gasteiger partial charge in [-0.25, -0.2) is 0 Å². The summed E-state index contributed by atoms with van der Waals surface area (Å²) in [5, 5.41) is 0. The Morgan fingerprint density at radius 3 is 1.71 bits per heavy atom. The standard InChI is InChI=1S/C22H36O2/c1-3-4-5-6-7-8-9-10-11-12-13-14-15-16-17-18-19-20-21-22(23)24-2/h8-9,11-12,14-15,17-18H,3-7,10,13,16,19-21H2,1-2H3/b9-8-,12-11-,15-14-,18-17-. The summed E-state index contributed by atoms with van der Waals surface area (Å²) >= 11 is 0. The molecule has 0 bridgehead atoms. The lowest BCUT2D eigenvalue weighted by Gasteiger charge is -1.95. The summed E-state index contributed by atoms with van der Waals surface area (Å²) in [4.78, 5) is 10.9. The van der Waals surface area contributed by atoms with Gasteiger partial charge in [-0.3, -0.25) is 4.79 Å². The highest BCUT2D eigenvalue weighted by Gasteiger charge is 1.96. The van der Waals surface area contributed by atoms with Crippen molar-refractivity contribution in [1.29, 1.82) is 0 Å². The number of methoxy groups -OCH3 is 1. The quantitative estimate of drug-likeness (QED) is 0.189. The molecule has 0 saturated heterocycles. The zero-order chi connectivity index (χ0) is 17.7. The summed E-state index contributed by atoms with van der Waals surface area (Å²) in [5.41, 5.74) is 0. The van der Waals surface area contributed by atoms with Gasteiger partial charge in [0.05, 0.1) is 7.11 Å². The number of ether oxygens (including phenoxy) is 1. The van der Waals surface area contributed by atoms with Crippen molar-refractivity contribution in [2.24, 2.45) is 0 Å². The van der Waals surface area contributed by atoms with E-state index in [0.717, 1.165) is 32.1 Å². The molecule has 0 amide bonds. The van der Waals surface area contributed by atoms with E-state index in [0.29, 0.717) is 6.42 Å². The fraction of sp³-hybridized carbons (Fsp3) is 0.591. The molecule has 0 aliphatic rings. The second-order valence-corrected chi connectivity index (χ2v) is 5.91. The molecule has 0 spiro atoms. The molecule has 2 nitrogen and oxygen atoms in total. The maximum Gasteiger partial charge on any atom is 0.305 e. The van der Waals surface area contributed by atoms with Gasteiger partial charge >= 0.3 is 5.97 Å². The normalized spacial score (nSPS) is 12.2. The van der Waals surface area contributed by atoms with E-state index in [-0.39, 0.29) is 5.97 Å². The number of esters is 1. The summed E-state index contributed by atoms with van der Waals surface area (Å²) in [6.07, 6.45) is 29.6. The Morgan fingerprint density at radius 2 is 1.21 bits per heavy atom. The summed E-state index contributed by atoms with van der Waals surface area (Å²) in [6, 6.07) is 0. The first-order valence-electron chi connectivity index (χ1n) is 9.48. The minimum Gasteiger partial charge on any atom is -0.469 e. The zero-order valence-corrected chi connectivity index (χ0v) is 15.7. The van der Waals surface area contributed by atoms with Gasteiger partial charge in [-0.05, 0) is 44.9 Å². The molecular weight excluding hydrogens is 296 g/mol. The molecule has 136 valence electrons. The second kappa shape index (κ2) is 19.5. The lowest BCUT2D eigenvalue weighted by Crippen LogP contribution is -1.98. The molecule has 0 atom stereocenters. The van der Waals surface area contributed by atoms with E-state index >= 15 is 0 Å². The third-order valence-electron chi connectivity index (χ3n) is 3.69. The summed E-state index contributed by atoms with van der Waals surface area (Å²) in [7, 11) is 1.43. The van der Waals surface area contributed by atoms with E-state index in [1.165, 1.54) is 39.2 Å². The number of allylic oxidation sites excluding steroid dienone is 8. The van der Waals surface area contributed by atoms with Gasteiger partial charge < -0.3 is 4.74 Å². The van der Waals surface area contributed by atoms with Crippen LogP contribution in [0.3, 0.4) is 0 Å². The van der Waals surface area contributed by atoms with Gasteiger partial charge in [-0.2, -0.15) is 0 Å². The van der Waals surface area contributed by atoms with Crippen LogP contribution < -0.4 is 0 Å². The van der Waals surface area contributed by atoms with Crippen molar-refractivity contribution < 1.29 is 9.53 Å². The molecule has 0 N–H and O–H groups in total. The second-order valence-electron chi connectivity index (χ2n) is 5.91. The largest absolute Gasteiger partial charge is 0.469 e. The molecule has 0 radical (unpaired) electrons. The molecular formula is C22H36O2. The monoisotopic (exact) mass is 332 g/mol. The number of carbonyl (C=O) groups excluding carboxylic acids is 1. The predicted molar refractivity (Wildman–Crippen MR) is 105 cm³/mol. The maximum atomic E-state index is 10.9. The average molecular weight is 333 g/mol. The van der Waals surface area contributed by atoms with Crippen LogP contribution in [0.4, 0.5) is 0 Å². The van der Waals surface area contributed by atoms with E-state index in [4.69, 9.17) is 0 Å². The zero-order valence-electron chi connectivity index (χ0n) is 15.7. The molecule has 24 heavy (non-hydrogen) atoms. The van der Waals surface area contributed by atoms with Crippen molar-refractivity contribution in [3.8, 4) is 0 Å². The van der Waals surface area contributed by atoms with E-state index in [1.54, 1.807) is 0 Å². The number of unbranched alkanes of at least 4 members (excludes halogenated alkanes) is 5. The molecule has 0 aliphatic carbocycles. The van der Waals surface area contributed by atoms with Gasteiger partial charge in [0.1, 0.15) is 0 Å². The predicted octanol–water partition coefficient (Wildman–Crippen LogP) is 6.70. The Hall–Kier alpha value is -1.57. The Morgan fingerprint density at radius 1 is 0.708 bits per heavy atom. The molecule has 0 heterocycles. The fourth-order valence-corrected chi connectivity index (χ4v) is 2.20. The Kier molecular flexibility index (Phi) is 18.2. The van der Waals surface area contributed by atoms with Gasteiger partial charge in [0.15, 0.2) is 0 Å². The molecule has 0 fully saturated rings. The third-order valence-corrected chi connectivity index (χ3v) is 3.69. The molecule has 0 aromatic heterocycles. The van der Waals surface area contributed by atoms with Crippen LogP contribution in [-0.2, 0) is 9.53 Å². The highest BCUT2D eigenvalue weighted by atomic mass is 16.5. The lowest BCUT2D eigenvalue weighted by molar-refractivity contribution is -0.140. The molecule has 0 rings (SSSR count). The van der Waals surface area contributed by atoms with Gasteiger partial charge in [0, 0.05) is 6.42 Å². The average Bonchev–Trinajstić information content (AvgIpc) is 2.60. The minimum atomic E-state index is -0.124. The Bertz CT molecular complexity index is 389. The van der Waals surface area contributed by atoms with Crippen LogP contribution in [0.15, 0.2) is 48.6 Å². The smallest absolute Gasteiger partial charge is 0.305 e. The van der Waals surface area contributed by atoms with Gasteiger partial charge in [0.25, 0.3) is 0 Å². The Balaban J connectivity index is 3.41. The molecule has 0 aromatic rings. The van der Waals surface area contributed by atoms with Crippen LogP contribution in [0.5, 0.6) is 0 Å². The van der Waals surface area contributed by atoms with Crippen LogP contribution in [0.1, 0.15) is 77.6 Å². The van der Waals surface area contributed by atoms with Crippen LogP contribution in [-0.4, -0.2) is 13.1 Å². The highest BCUT2D eigenvalue weighted by molar-refractivity contribution is 5.69. The maximum absolute atomic E-state index is 10.9. The summed E-state index contributed by atoms with van der Waals surface area (Å²) in [5.74, 6) is -0.124. The van der Waals surface area contributed by atoms with Crippen LogP contribution in [0.2, 0.25) is 0 Å². The SMILES string of the molecule is CCCCCC/C=C\C/C=C\C/C=C\C/C=C\CCCC(=O)OC. The molecule has 0 saturated carbocycles. The van der Waals surface area contributed by atoms with Gasteiger partial charge in [-0.1, -0.05) is 74.8 Å². The minimum absolute atomic E-state index is 0.124. The summed E-state index contributed by atoms with van der Waals surface area (Å²) in [6.45, 7) is 2.25. The van der Waals surface area contributed by atoms with Crippen LogP contribution in [0, 0.1) is 0 Å². The van der Waals surface area contributed by atoms with Crippen molar-refractivity contribution in [3.63, 3.8) is 0 Å². The van der Waals surface area contributed by atoms with Crippen molar-refractivity contribution in [2.45, 2.75) is 77.6 Å². The number of carbonyl (C=O) groups is 1. The molecule has 0 aliphatic heterocycles. The Labute approximate surface area is 149 Å². The molecule has 0 aromatic carbocycles. The van der Waals surface area contributed by atoms with Crippen LogP contribution in [0.25, 0.3) is 0 Å². The van der Waals surface area contributed by atoms with Crippen molar-refractivity contribution in [3.05, 3.63) is 48.6 Å². The van der Waals surface area contributed by atoms with E-state index in [2.05, 4.69) is 60.3 Å². The van der Waals surface area contributed by atoms with Gasteiger partial charge in [0.2, 0.25) is 0 Å². The summed E-state index contributed by atoms with van der Waals surface area (Å²) < 4.78 is 4.60. The first kappa shape index (κ1) is 22.4. The van der Waals surface area contributed by atoms with Crippen molar-refractivity contribution >= 4 is 5.97 Å². The highest BCUT2D eigenvalue weighted by Crippen LogP contribution is 2.03. The number of rotatable bonds is 15. The first-order chi connectivity index (χ1) is 11.8.